The normalized spacial score (nSPS) is 13.6. The fourth-order valence-electron chi connectivity index (χ4n) is 3.08. The molecule has 1 aliphatic rings. The highest BCUT2D eigenvalue weighted by molar-refractivity contribution is 14.0. The lowest BCUT2D eigenvalue weighted by Crippen LogP contribution is -2.42. The summed E-state index contributed by atoms with van der Waals surface area (Å²) in [7, 11) is -1.69. The van der Waals surface area contributed by atoms with Crippen LogP contribution in [-0.2, 0) is 22.9 Å². The lowest BCUT2D eigenvalue weighted by Gasteiger charge is -2.20. The topological polar surface area (TPSA) is 86.7 Å². The van der Waals surface area contributed by atoms with Crippen LogP contribution in [0.5, 0.6) is 0 Å². The fraction of sp³-hybridized carbons (Fsp3) is 0.368. The van der Waals surface area contributed by atoms with Crippen LogP contribution in [-0.4, -0.2) is 51.8 Å². The van der Waals surface area contributed by atoms with E-state index in [0.29, 0.717) is 25.6 Å². The van der Waals surface area contributed by atoms with Gasteiger partial charge < -0.3 is 10.6 Å². The largest absolute Gasteiger partial charge is 0.356 e. The highest BCUT2D eigenvalue weighted by Gasteiger charge is 2.28. The minimum Gasteiger partial charge on any atom is -0.356 e. The van der Waals surface area contributed by atoms with E-state index < -0.39 is 10.0 Å². The van der Waals surface area contributed by atoms with Crippen molar-refractivity contribution < 1.29 is 8.42 Å². The number of pyridine rings is 1. The first-order valence-corrected chi connectivity index (χ1v) is 10.6. The molecule has 9 heteroatoms. The number of rotatable bonds is 7. The molecule has 0 bridgehead atoms. The standard InChI is InChI=1S/C19H25N5O2S.HI/c1-20-19(22-12-9-17-7-4-5-11-21-17)23-13-15-27(25,26)24-14-10-16-6-2-3-8-18(16)24;/h2-8,11H,9-10,12-15H2,1H3,(H2,20,22,23);1H. The molecule has 1 aliphatic heterocycles. The van der Waals surface area contributed by atoms with E-state index in [9.17, 15) is 8.42 Å². The van der Waals surface area contributed by atoms with Gasteiger partial charge in [0.25, 0.3) is 0 Å². The Balaban J connectivity index is 0.00000280. The number of anilines is 1. The zero-order valence-electron chi connectivity index (χ0n) is 15.8. The Morgan fingerprint density at radius 1 is 1.14 bits per heavy atom. The Kier molecular flexibility index (Phi) is 8.49. The van der Waals surface area contributed by atoms with Gasteiger partial charge >= 0.3 is 0 Å². The Morgan fingerprint density at radius 2 is 1.89 bits per heavy atom. The van der Waals surface area contributed by atoms with E-state index in [-0.39, 0.29) is 29.7 Å². The van der Waals surface area contributed by atoms with Gasteiger partial charge in [-0.3, -0.25) is 14.3 Å². The Labute approximate surface area is 183 Å². The zero-order valence-corrected chi connectivity index (χ0v) is 19.0. The lowest BCUT2D eigenvalue weighted by molar-refractivity contribution is 0.591. The quantitative estimate of drug-likeness (QED) is 0.334. The van der Waals surface area contributed by atoms with Crippen molar-refractivity contribution in [2.45, 2.75) is 12.8 Å². The molecule has 0 saturated carbocycles. The number of nitrogens with zero attached hydrogens (tertiary/aromatic N) is 3. The third-order valence-electron chi connectivity index (χ3n) is 4.46. The van der Waals surface area contributed by atoms with Gasteiger partial charge in [-0.2, -0.15) is 0 Å². The van der Waals surface area contributed by atoms with Crippen molar-refractivity contribution in [3.63, 3.8) is 0 Å². The van der Waals surface area contributed by atoms with Crippen molar-refractivity contribution >= 4 is 45.6 Å². The van der Waals surface area contributed by atoms with Crippen molar-refractivity contribution in [1.29, 1.82) is 0 Å². The second-order valence-electron chi connectivity index (χ2n) is 6.26. The van der Waals surface area contributed by atoms with Gasteiger partial charge in [0.2, 0.25) is 10.0 Å². The molecule has 0 spiro atoms. The smallest absolute Gasteiger partial charge is 0.236 e. The number of fused-ring (bicyclic) bond motifs is 1. The van der Waals surface area contributed by atoms with E-state index in [1.54, 1.807) is 13.2 Å². The third kappa shape index (κ3) is 5.81. The maximum absolute atomic E-state index is 12.7. The van der Waals surface area contributed by atoms with E-state index in [0.717, 1.165) is 29.8 Å². The van der Waals surface area contributed by atoms with Gasteiger partial charge in [0.1, 0.15) is 0 Å². The van der Waals surface area contributed by atoms with Crippen molar-refractivity contribution in [1.82, 2.24) is 15.6 Å². The van der Waals surface area contributed by atoms with Crippen molar-refractivity contribution in [3.8, 4) is 0 Å². The van der Waals surface area contributed by atoms with Crippen LogP contribution in [0.2, 0.25) is 0 Å². The Morgan fingerprint density at radius 3 is 2.64 bits per heavy atom. The number of aliphatic imine (C=N–C) groups is 1. The van der Waals surface area contributed by atoms with E-state index in [1.807, 2.05) is 42.5 Å². The number of para-hydroxylation sites is 1. The molecule has 0 radical (unpaired) electrons. The molecule has 2 N–H and O–H groups in total. The van der Waals surface area contributed by atoms with Crippen molar-refractivity contribution in [3.05, 3.63) is 59.9 Å². The number of aromatic nitrogens is 1. The summed E-state index contributed by atoms with van der Waals surface area (Å²) in [6, 6.07) is 13.5. The molecule has 0 atom stereocenters. The highest BCUT2D eigenvalue weighted by Crippen LogP contribution is 2.29. The molecule has 0 amide bonds. The van der Waals surface area contributed by atoms with Crippen LogP contribution in [0.3, 0.4) is 0 Å². The van der Waals surface area contributed by atoms with Gasteiger partial charge in [0, 0.05) is 45.0 Å². The molecule has 1 aromatic carbocycles. The number of hydrogen-bond acceptors (Lipinski definition) is 4. The molecule has 1 aromatic heterocycles. The van der Waals surface area contributed by atoms with Crippen LogP contribution in [0.15, 0.2) is 53.7 Å². The summed E-state index contributed by atoms with van der Waals surface area (Å²) in [5.74, 6) is 0.602. The molecule has 28 heavy (non-hydrogen) atoms. The van der Waals surface area contributed by atoms with Crippen LogP contribution in [0.4, 0.5) is 5.69 Å². The number of benzene rings is 1. The predicted octanol–water partition coefficient (Wildman–Crippen LogP) is 1.80. The summed E-state index contributed by atoms with van der Waals surface area (Å²) in [6.45, 7) is 1.48. The fourth-order valence-corrected chi connectivity index (χ4v) is 4.51. The minimum absolute atomic E-state index is 0. The first kappa shape index (κ1) is 22.4. The van der Waals surface area contributed by atoms with Crippen molar-refractivity contribution in [2.24, 2.45) is 4.99 Å². The van der Waals surface area contributed by atoms with Gasteiger partial charge in [0.15, 0.2) is 5.96 Å². The van der Waals surface area contributed by atoms with Gasteiger partial charge in [-0.15, -0.1) is 24.0 Å². The monoisotopic (exact) mass is 515 g/mol. The molecule has 2 aromatic rings. The molecule has 0 unspecified atom stereocenters. The summed E-state index contributed by atoms with van der Waals surface area (Å²) in [5, 5.41) is 6.25. The van der Waals surface area contributed by atoms with Crippen LogP contribution >= 0.6 is 24.0 Å². The maximum Gasteiger partial charge on any atom is 0.236 e. The molecule has 0 aliphatic carbocycles. The van der Waals surface area contributed by atoms with E-state index in [2.05, 4.69) is 20.6 Å². The average molecular weight is 515 g/mol. The highest BCUT2D eigenvalue weighted by atomic mass is 127. The minimum atomic E-state index is -3.36. The number of guanidine groups is 1. The van der Waals surface area contributed by atoms with E-state index in [4.69, 9.17) is 0 Å². The lowest BCUT2D eigenvalue weighted by atomic mass is 10.2. The molecule has 0 saturated heterocycles. The Bertz CT molecular complexity index is 890. The second-order valence-corrected chi connectivity index (χ2v) is 8.28. The predicted molar refractivity (Wildman–Crippen MR) is 124 cm³/mol. The van der Waals surface area contributed by atoms with Gasteiger partial charge in [-0.05, 0) is 30.2 Å². The Hall–Kier alpha value is -1.88. The van der Waals surface area contributed by atoms with Crippen LogP contribution < -0.4 is 14.9 Å². The van der Waals surface area contributed by atoms with Gasteiger partial charge in [0.05, 0.1) is 11.4 Å². The molecular formula is C19H26IN5O2S. The summed E-state index contributed by atoms with van der Waals surface area (Å²) in [6.07, 6.45) is 3.30. The van der Waals surface area contributed by atoms with E-state index >= 15 is 0 Å². The third-order valence-corrected chi connectivity index (χ3v) is 6.23. The molecular weight excluding hydrogens is 489 g/mol. The van der Waals surface area contributed by atoms with Crippen molar-refractivity contribution in [2.75, 3.05) is 36.7 Å². The summed E-state index contributed by atoms with van der Waals surface area (Å²) in [5.41, 5.74) is 2.88. The first-order valence-electron chi connectivity index (χ1n) is 9.03. The van der Waals surface area contributed by atoms with E-state index in [1.165, 1.54) is 4.31 Å². The molecule has 7 nitrogen and oxygen atoms in total. The van der Waals surface area contributed by atoms with Gasteiger partial charge in [-0.25, -0.2) is 8.42 Å². The summed E-state index contributed by atoms with van der Waals surface area (Å²) < 4.78 is 26.9. The maximum atomic E-state index is 12.7. The SMILES string of the molecule is CN=C(NCCc1ccccn1)NCCS(=O)(=O)N1CCc2ccccc21.I. The van der Waals surface area contributed by atoms with Crippen LogP contribution in [0.25, 0.3) is 0 Å². The van der Waals surface area contributed by atoms with Gasteiger partial charge in [-0.1, -0.05) is 24.3 Å². The van der Waals surface area contributed by atoms with Crippen LogP contribution in [0.1, 0.15) is 11.3 Å². The number of halogens is 1. The summed E-state index contributed by atoms with van der Waals surface area (Å²) >= 11 is 0. The number of sulfonamides is 1. The zero-order chi connectivity index (χ0) is 19.1. The average Bonchev–Trinajstić information content (AvgIpc) is 3.12. The molecule has 0 fully saturated rings. The molecule has 152 valence electrons. The molecule has 3 rings (SSSR count). The molecule has 2 heterocycles. The van der Waals surface area contributed by atoms with Crippen LogP contribution in [0, 0.1) is 0 Å². The summed E-state index contributed by atoms with van der Waals surface area (Å²) in [4.78, 5) is 8.41. The number of hydrogen-bond donors (Lipinski definition) is 2. The second kappa shape index (κ2) is 10.6. The number of nitrogens with one attached hydrogen (secondary N) is 2. The first-order chi connectivity index (χ1) is 13.1.